The Kier molecular flexibility index (Phi) is 6.61. The summed E-state index contributed by atoms with van der Waals surface area (Å²) >= 11 is 0. The molecule has 3 rings (SSSR count). The predicted molar refractivity (Wildman–Crippen MR) is 101 cm³/mol. The highest BCUT2D eigenvalue weighted by atomic mass is 32.2. The maximum Gasteiger partial charge on any atom is 0.297 e. The molecule has 0 atom stereocenters. The quantitative estimate of drug-likeness (QED) is 0.650. The van der Waals surface area contributed by atoms with Gasteiger partial charge in [0, 0.05) is 0 Å². The average Bonchev–Trinajstić information content (AvgIpc) is 2.62. The van der Waals surface area contributed by atoms with E-state index < -0.39 is 20.2 Å². The van der Waals surface area contributed by atoms with Gasteiger partial charge in [-0.05, 0) is 50.3 Å². The highest BCUT2D eigenvalue weighted by molar-refractivity contribution is 7.87. The summed E-state index contributed by atoms with van der Waals surface area (Å²) in [7, 11) is -8.04. The van der Waals surface area contributed by atoms with E-state index in [0.717, 1.165) is 38.5 Å². The number of hydrogen-bond acceptors (Lipinski definition) is 6. The topological polar surface area (TPSA) is 86.7 Å². The van der Waals surface area contributed by atoms with Crippen LogP contribution < -0.4 is 0 Å². The minimum absolute atomic E-state index is 0.0959. The zero-order chi connectivity index (χ0) is 19.5. The fraction of sp³-hybridized carbons (Fsp3) is 0.684. The van der Waals surface area contributed by atoms with Crippen LogP contribution in [0.5, 0.6) is 0 Å². The first-order chi connectivity index (χ1) is 12.8. The van der Waals surface area contributed by atoms with Gasteiger partial charge in [0.25, 0.3) is 20.2 Å². The van der Waals surface area contributed by atoms with Crippen LogP contribution in [0.25, 0.3) is 0 Å². The summed E-state index contributed by atoms with van der Waals surface area (Å²) in [5, 5.41) is 0. The van der Waals surface area contributed by atoms with Crippen LogP contribution in [-0.4, -0.2) is 29.0 Å². The van der Waals surface area contributed by atoms with Gasteiger partial charge in [-0.3, -0.25) is 8.37 Å². The second-order valence-electron chi connectivity index (χ2n) is 7.55. The van der Waals surface area contributed by atoms with E-state index in [1.807, 2.05) is 0 Å². The molecule has 0 radical (unpaired) electrons. The normalized spacial score (nSPS) is 20.6. The molecule has 0 spiro atoms. The van der Waals surface area contributed by atoms with Crippen molar-refractivity contribution >= 4 is 20.2 Å². The minimum atomic E-state index is -4.03. The molecular formula is C19H28O6S2. The molecule has 2 saturated carbocycles. The first-order valence-corrected chi connectivity index (χ1v) is 12.6. The highest BCUT2D eigenvalue weighted by Gasteiger charge is 2.28. The Hall–Kier alpha value is -0.960. The maximum absolute atomic E-state index is 12.7. The fourth-order valence-corrected chi connectivity index (χ4v) is 6.42. The molecule has 0 aliphatic heterocycles. The van der Waals surface area contributed by atoms with E-state index >= 15 is 0 Å². The standard InChI is InChI=1S/C19H28O6S2/c1-15-12-13-18(26(20,21)24-16-8-4-2-5-9-16)14-19(15)27(22,23)25-17-10-6-3-7-11-17/h12-14,16-17H,2-11H2,1H3. The van der Waals surface area contributed by atoms with Crippen LogP contribution in [-0.2, 0) is 28.6 Å². The average molecular weight is 417 g/mol. The minimum Gasteiger partial charge on any atom is -0.263 e. The lowest BCUT2D eigenvalue weighted by Crippen LogP contribution is -2.23. The van der Waals surface area contributed by atoms with Crippen LogP contribution in [0.2, 0.25) is 0 Å². The molecular weight excluding hydrogens is 388 g/mol. The molecule has 6 nitrogen and oxygen atoms in total. The van der Waals surface area contributed by atoms with Crippen molar-refractivity contribution in [3.63, 3.8) is 0 Å². The van der Waals surface area contributed by atoms with Gasteiger partial charge in [0.15, 0.2) is 0 Å². The van der Waals surface area contributed by atoms with Gasteiger partial charge in [0.1, 0.15) is 0 Å². The van der Waals surface area contributed by atoms with Gasteiger partial charge in [-0.1, -0.05) is 44.6 Å². The molecule has 0 N–H and O–H groups in total. The van der Waals surface area contributed by atoms with E-state index in [-0.39, 0.29) is 22.0 Å². The van der Waals surface area contributed by atoms with Crippen molar-refractivity contribution < 1.29 is 25.2 Å². The van der Waals surface area contributed by atoms with Gasteiger partial charge < -0.3 is 0 Å². The van der Waals surface area contributed by atoms with Crippen molar-refractivity contribution in [2.24, 2.45) is 0 Å². The molecule has 2 aliphatic rings. The summed E-state index contributed by atoms with van der Waals surface area (Å²) in [5.41, 5.74) is 0.461. The van der Waals surface area contributed by atoms with Crippen molar-refractivity contribution in [1.82, 2.24) is 0 Å². The first-order valence-electron chi connectivity index (χ1n) is 9.75. The predicted octanol–water partition coefficient (Wildman–Crippen LogP) is 4.07. The zero-order valence-corrected chi connectivity index (χ0v) is 17.4. The molecule has 0 bridgehead atoms. The number of hydrogen-bond donors (Lipinski definition) is 0. The van der Waals surface area contributed by atoms with E-state index in [1.54, 1.807) is 6.92 Å². The van der Waals surface area contributed by atoms with Crippen molar-refractivity contribution in [2.75, 3.05) is 0 Å². The Morgan fingerprint density at radius 2 is 1.22 bits per heavy atom. The van der Waals surface area contributed by atoms with Gasteiger partial charge in [-0.25, -0.2) is 0 Å². The Morgan fingerprint density at radius 1 is 0.741 bits per heavy atom. The summed E-state index contributed by atoms with van der Waals surface area (Å²) in [6.07, 6.45) is 8.14. The third-order valence-corrected chi connectivity index (χ3v) is 8.21. The van der Waals surface area contributed by atoms with Gasteiger partial charge in [0.05, 0.1) is 22.0 Å². The van der Waals surface area contributed by atoms with E-state index in [9.17, 15) is 16.8 Å². The fourth-order valence-electron chi connectivity index (χ4n) is 3.79. The summed E-state index contributed by atoms with van der Waals surface area (Å²) in [6, 6.07) is 4.06. The molecule has 1 aromatic carbocycles. The molecule has 27 heavy (non-hydrogen) atoms. The lowest BCUT2D eigenvalue weighted by molar-refractivity contribution is 0.162. The second-order valence-corrected chi connectivity index (χ2v) is 10.7. The SMILES string of the molecule is Cc1ccc(S(=O)(=O)OC2CCCCC2)cc1S(=O)(=O)OC1CCCCC1. The Morgan fingerprint density at radius 3 is 1.74 bits per heavy atom. The maximum atomic E-state index is 12.7. The van der Waals surface area contributed by atoms with Crippen LogP contribution in [0.3, 0.4) is 0 Å². The van der Waals surface area contributed by atoms with Crippen LogP contribution in [0.1, 0.15) is 69.8 Å². The Balaban J connectivity index is 1.82. The smallest absolute Gasteiger partial charge is 0.263 e. The van der Waals surface area contributed by atoms with Crippen molar-refractivity contribution in [2.45, 2.75) is 93.1 Å². The van der Waals surface area contributed by atoms with Crippen molar-refractivity contribution in [3.8, 4) is 0 Å². The third kappa shape index (κ3) is 5.31. The highest BCUT2D eigenvalue weighted by Crippen LogP contribution is 2.29. The molecule has 0 aromatic heterocycles. The second kappa shape index (κ2) is 8.59. The first kappa shape index (κ1) is 20.8. The van der Waals surface area contributed by atoms with E-state index in [0.29, 0.717) is 31.2 Å². The van der Waals surface area contributed by atoms with Gasteiger partial charge in [0.2, 0.25) is 0 Å². The van der Waals surface area contributed by atoms with Crippen molar-refractivity contribution in [1.29, 1.82) is 0 Å². The lowest BCUT2D eigenvalue weighted by Gasteiger charge is -2.23. The molecule has 0 saturated heterocycles. The monoisotopic (exact) mass is 416 g/mol. The van der Waals surface area contributed by atoms with Crippen LogP contribution in [0, 0.1) is 6.92 Å². The third-order valence-electron chi connectivity index (χ3n) is 5.35. The molecule has 0 amide bonds. The Bertz CT molecular complexity index is 848. The summed E-state index contributed by atoms with van der Waals surface area (Å²) < 4.78 is 61.5. The molecule has 2 aliphatic carbocycles. The molecule has 0 heterocycles. The molecule has 1 aromatic rings. The largest absolute Gasteiger partial charge is 0.297 e. The van der Waals surface area contributed by atoms with Crippen LogP contribution in [0.4, 0.5) is 0 Å². The number of aryl methyl sites for hydroxylation is 1. The van der Waals surface area contributed by atoms with E-state index in [2.05, 4.69) is 0 Å². The van der Waals surface area contributed by atoms with Gasteiger partial charge in [-0.2, -0.15) is 16.8 Å². The Labute approximate surface area is 162 Å². The van der Waals surface area contributed by atoms with E-state index in [4.69, 9.17) is 8.37 Å². The van der Waals surface area contributed by atoms with Gasteiger partial charge >= 0.3 is 0 Å². The summed E-state index contributed by atoms with van der Waals surface area (Å²) in [6.45, 7) is 1.63. The zero-order valence-electron chi connectivity index (χ0n) is 15.7. The van der Waals surface area contributed by atoms with Crippen LogP contribution in [0.15, 0.2) is 28.0 Å². The molecule has 0 unspecified atom stereocenters. The molecule has 8 heteroatoms. The molecule has 152 valence electrons. The summed E-state index contributed by atoms with van der Waals surface area (Å²) in [4.78, 5) is -0.231. The lowest BCUT2D eigenvalue weighted by atomic mass is 9.98. The van der Waals surface area contributed by atoms with Crippen molar-refractivity contribution in [3.05, 3.63) is 23.8 Å². The number of benzene rings is 1. The summed E-state index contributed by atoms with van der Waals surface area (Å²) in [5.74, 6) is 0. The molecule has 2 fully saturated rings. The number of rotatable bonds is 6. The van der Waals surface area contributed by atoms with Crippen LogP contribution >= 0.6 is 0 Å². The van der Waals surface area contributed by atoms with Gasteiger partial charge in [-0.15, -0.1) is 0 Å². The van der Waals surface area contributed by atoms with E-state index in [1.165, 1.54) is 18.2 Å².